The average Bonchev–Trinajstić information content (AvgIpc) is 2.70. The summed E-state index contributed by atoms with van der Waals surface area (Å²) in [5, 5.41) is 6.12. The lowest BCUT2D eigenvalue weighted by Gasteiger charge is -2.22. The molecule has 1 fully saturated rings. The standard InChI is InChI=1S/C12H17N3O/c1-9-4-5-10(8-13-9)15-11(16)12(2)6-3-7-14-12/h4-5,8,14H,3,6-7H2,1-2H3,(H,15,16). The second kappa shape index (κ2) is 4.22. The summed E-state index contributed by atoms with van der Waals surface area (Å²) in [6.07, 6.45) is 3.62. The van der Waals surface area contributed by atoms with Gasteiger partial charge in [-0.3, -0.25) is 9.78 Å². The molecule has 1 amide bonds. The number of amides is 1. The molecule has 0 radical (unpaired) electrons. The third-order valence-electron chi connectivity index (χ3n) is 3.04. The fourth-order valence-corrected chi connectivity index (χ4v) is 1.90. The van der Waals surface area contributed by atoms with Crippen LogP contribution >= 0.6 is 0 Å². The van der Waals surface area contributed by atoms with E-state index in [1.807, 2.05) is 26.0 Å². The molecule has 4 nitrogen and oxygen atoms in total. The monoisotopic (exact) mass is 219 g/mol. The number of nitrogens with one attached hydrogen (secondary N) is 2. The largest absolute Gasteiger partial charge is 0.323 e. The van der Waals surface area contributed by atoms with Crippen molar-refractivity contribution >= 4 is 11.6 Å². The Labute approximate surface area is 95.5 Å². The molecule has 1 saturated heterocycles. The third kappa shape index (κ3) is 2.22. The van der Waals surface area contributed by atoms with Crippen LogP contribution in [0.2, 0.25) is 0 Å². The molecule has 0 spiro atoms. The van der Waals surface area contributed by atoms with Crippen molar-refractivity contribution in [2.75, 3.05) is 11.9 Å². The minimum absolute atomic E-state index is 0.0238. The first-order chi connectivity index (χ1) is 7.60. The summed E-state index contributed by atoms with van der Waals surface area (Å²) in [6, 6.07) is 3.76. The summed E-state index contributed by atoms with van der Waals surface area (Å²) >= 11 is 0. The molecular formula is C12H17N3O. The van der Waals surface area contributed by atoms with Gasteiger partial charge < -0.3 is 10.6 Å². The molecule has 86 valence electrons. The maximum absolute atomic E-state index is 12.0. The van der Waals surface area contributed by atoms with Crippen molar-refractivity contribution < 1.29 is 4.79 Å². The molecule has 1 atom stereocenters. The molecule has 0 saturated carbocycles. The summed E-state index contributed by atoms with van der Waals surface area (Å²) in [5.41, 5.74) is 1.28. The predicted molar refractivity (Wildman–Crippen MR) is 63.2 cm³/mol. The Morgan fingerprint density at radius 1 is 1.56 bits per heavy atom. The van der Waals surface area contributed by atoms with Crippen molar-refractivity contribution in [1.29, 1.82) is 0 Å². The minimum Gasteiger partial charge on any atom is -0.323 e. The van der Waals surface area contributed by atoms with E-state index in [4.69, 9.17) is 0 Å². The van der Waals surface area contributed by atoms with Crippen LogP contribution in [0.25, 0.3) is 0 Å². The summed E-state index contributed by atoms with van der Waals surface area (Å²) < 4.78 is 0. The number of rotatable bonds is 2. The molecule has 0 aromatic carbocycles. The first kappa shape index (κ1) is 11.1. The number of carbonyl (C=O) groups excluding carboxylic acids is 1. The molecule has 1 aliphatic rings. The highest BCUT2D eigenvalue weighted by Gasteiger charge is 2.35. The molecule has 0 bridgehead atoms. The Balaban J connectivity index is 2.04. The van der Waals surface area contributed by atoms with Crippen LogP contribution in [0, 0.1) is 6.92 Å². The topological polar surface area (TPSA) is 54.0 Å². The number of hydrogen-bond donors (Lipinski definition) is 2. The molecule has 1 aliphatic heterocycles. The van der Waals surface area contributed by atoms with Gasteiger partial charge in [0.25, 0.3) is 0 Å². The molecule has 4 heteroatoms. The first-order valence-corrected chi connectivity index (χ1v) is 5.59. The normalized spacial score (nSPS) is 24.4. The number of aromatic nitrogens is 1. The highest BCUT2D eigenvalue weighted by molar-refractivity contribution is 5.97. The molecule has 1 unspecified atom stereocenters. The van der Waals surface area contributed by atoms with Crippen molar-refractivity contribution in [2.24, 2.45) is 0 Å². The zero-order valence-electron chi connectivity index (χ0n) is 9.71. The van der Waals surface area contributed by atoms with Crippen molar-refractivity contribution in [3.05, 3.63) is 24.0 Å². The Bertz CT molecular complexity index is 380. The van der Waals surface area contributed by atoms with E-state index in [9.17, 15) is 4.79 Å². The summed E-state index contributed by atoms with van der Waals surface area (Å²) in [6.45, 7) is 4.78. The van der Waals surface area contributed by atoms with Crippen LogP contribution in [-0.2, 0) is 4.79 Å². The number of aryl methyl sites for hydroxylation is 1. The zero-order valence-corrected chi connectivity index (χ0v) is 9.71. The average molecular weight is 219 g/mol. The zero-order chi connectivity index (χ0) is 11.6. The molecule has 16 heavy (non-hydrogen) atoms. The smallest absolute Gasteiger partial charge is 0.244 e. The van der Waals surface area contributed by atoms with E-state index < -0.39 is 5.54 Å². The van der Waals surface area contributed by atoms with Gasteiger partial charge in [-0.2, -0.15) is 0 Å². The second-order valence-electron chi connectivity index (χ2n) is 4.50. The molecule has 2 rings (SSSR count). The number of carbonyl (C=O) groups is 1. The van der Waals surface area contributed by atoms with Crippen molar-refractivity contribution in [3.8, 4) is 0 Å². The van der Waals surface area contributed by atoms with E-state index in [1.165, 1.54) is 0 Å². The van der Waals surface area contributed by atoms with E-state index >= 15 is 0 Å². The van der Waals surface area contributed by atoms with E-state index in [0.717, 1.165) is 30.8 Å². The summed E-state index contributed by atoms with van der Waals surface area (Å²) in [5.74, 6) is 0.0238. The number of anilines is 1. The molecule has 2 heterocycles. The highest BCUT2D eigenvalue weighted by Crippen LogP contribution is 2.20. The van der Waals surface area contributed by atoms with Gasteiger partial charge in [-0.15, -0.1) is 0 Å². The quantitative estimate of drug-likeness (QED) is 0.792. The fourth-order valence-electron chi connectivity index (χ4n) is 1.90. The van der Waals surface area contributed by atoms with Crippen LogP contribution in [0.3, 0.4) is 0 Å². The van der Waals surface area contributed by atoms with Crippen molar-refractivity contribution in [3.63, 3.8) is 0 Å². The second-order valence-corrected chi connectivity index (χ2v) is 4.50. The van der Waals surface area contributed by atoms with Crippen LogP contribution in [0.4, 0.5) is 5.69 Å². The van der Waals surface area contributed by atoms with Crippen LogP contribution in [0.5, 0.6) is 0 Å². The molecule has 1 aromatic heterocycles. The Morgan fingerprint density at radius 2 is 2.38 bits per heavy atom. The van der Waals surface area contributed by atoms with Crippen molar-refractivity contribution in [1.82, 2.24) is 10.3 Å². The van der Waals surface area contributed by atoms with Gasteiger partial charge in [-0.1, -0.05) is 0 Å². The lowest BCUT2D eigenvalue weighted by molar-refractivity contribution is -0.121. The molecule has 1 aromatic rings. The highest BCUT2D eigenvalue weighted by atomic mass is 16.2. The maximum Gasteiger partial charge on any atom is 0.244 e. The van der Waals surface area contributed by atoms with Crippen molar-refractivity contribution in [2.45, 2.75) is 32.2 Å². The van der Waals surface area contributed by atoms with Crippen LogP contribution in [-0.4, -0.2) is 23.0 Å². The van der Waals surface area contributed by atoms with Crippen LogP contribution in [0.15, 0.2) is 18.3 Å². The van der Waals surface area contributed by atoms with E-state index in [-0.39, 0.29) is 5.91 Å². The lowest BCUT2D eigenvalue weighted by Crippen LogP contribution is -2.47. The van der Waals surface area contributed by atoms with Gasteiger partial charge in [0.05, 0.1) is 17.4 Å². The van der Waals surface area contributed by atoms with Gasteiger partial charge in [0.2, 0.25) is 5.91 Å². The Hall–Kier alpha value is -1.42. The third-order valence-corrected chi connectivity index (χ3v) is 3.04. The number of nitrogens with zero attached hydrogens (tertiary/aromatic N) is 1. The van der Waals surface area contributed by atoms with Gasteiger partial charge in [0.1, 0.15) is 0 Å². The fraction of sp³-hybridized carbons (Fsp3) is 0.500. The molecule has 0 aliphatic carbocycles. The van der Waals surface area contributed by atoms with Crippen LogP contribution < -0.4 is 10.6 Å². The number of hydrogen-bond acceptors (Lipinski definition) is 3. The summed E-state index contributed by atoms with van der Waals surface area (Å²) in [7, 11) is 0. The minimum atomic E-state index is -0.426. The van der Waals surface area contributed by atoms with Gasteiger partial charge in [0, 0.05) is 5.69 Å². The van der Waals surface area contributed by atoms with Gasteiger partial charge in [-0.25, -0.2) is 0 Å². The molecular weight excluding hydrogens is 202 g/mol. The lowest BCUT2D eigenvalue weighted by atomic mass is 9.99. The Morgan fingerprint density at radius 3 is 2.94 bits per heavy atom. The Kier molecular flexibility index (Phi) is 2.92. The van der Waals surface area contributed by atoms with Gasteiger partial charge >= 0.3 is 0 Å². The van der Waals surface area contributed by atoms with Crippen LogP contribution in [0.1, 0.15) is 25.5 Å². The molecule has 2 N–H and O–H groups in total. The van der Waals surface area contributed by atoms with E-state index in [0.29, 0.717) is 0 Å². The van der Waals surface area contributed by atoms with Gasteiger partial charge in [-0.05, 0) is 45.4 Å². The number of pyridine rings is 1. The first-order valence-electron chi connectivity index (χ1n) is 5.59. The van der Waals surface area contributed by atoms with E-state index in [2.05, 4.69) is 15.6 Å². The predicted octanol–water partition coefficient (Wildman–Crippen LogP) is 1.47. The summed E-state index contributed by atoms with van der Waals surface area (Å²) in [4.78, 5) is 16.2. The maximum atomic E-state index is 12.0. The van der Waals surface area contributed by atoms with E-state index in [1.54, 1.807) is 6.20 Å². The van der Waals surface area contributed by atoms with Gasteiger partial charge in [0.15, 0.2) is 0 Å². The SMILES string of the molecule is Cc1ccc(NC(=O)C2(C)CCCN2)cn1.